The highest BCUT2D eigenvalue weighted by atomic mass is 32.2. The van der Waals surface area contributed by atoms with Gasteiger partial charge in [-0.1, -0.05) is 6.08 Å². The first-order valence-corrected chi connectivity index (χ1v) is 4.81. The normalized spacial score (nSPS) is 38.2. The summed E-state index contributed by atoms with van der Waals surface area (Å²) in [6.07, 6.45) is 4.91. The van der Waals surface area contributed by atoms with Crippen LogP contribution < -0.4 is 0 Å². The largest absolute Gasteiger partial charge is 0.295 e. The van der Waals surface area contributed by atoms with E-state index in [0.29, 0.717) is 17.6 Å². The van der Waals surface area contributed by atoms with Gasteiger partial charge in [-0.2, -0.15) is 11.8 Å². The molecule has 0 aromatic rings. The molecular weight excluding hydrogens is 144 g/mol. The van der Waals surface area contributed by atoms with Crippen LogP contribution in [-0.2, 0) is 4.79 Å². The number of ketones is 1. The van der Waals surface area contributed by atoms with Crippen molar-refractivity contribution < 1.29 is 4.79 Å². The van der Waals surface area contributed by atoms with Gasteiger partial charge in [-0.3, -0.25) is 4.79 Å². The summed E-state index contributed by atoms with van der Waals surface area (Å²) in [6.45, 7) is 0. The van der Waals surface area contributed by atoms with Crippen molar-refractivity contribution in [3.8, 4) is 0 Å². The minimum absolute atomic E-state index is 0.362. The van der Waals surface area contributed by atoms with Crippen LogP contribution in [0, 0.1) is 11.8 Å². The number of hydrogen-bond acceptors (Lipinski definition) is 2. The van der Waals surface area contributed by atoms with E-state index >= 15 is 0 Å². The second-order valence-corrected chi connectivity index (χ2v) is 4.02. The lowest BCUT2D eigenvalue weighted by Gasteiger charge is -2.17. The van der Waals surface area contributed by atoms with Gasteiger partial charge in [0.1, 0.15) is 0 Å². The van der Waals surface area contributed by atoms with E-state index in [-0.39, 0.29) is 0 Å². The maximum absolute atomic E-state index is 11.2. The first-order valence-electron chi connectivity index (χ1n) is 3.66. The molecule has 0 spiro atoms. The summed E-state index contributed by atoms with van der Waals surface area (Å²) in [7, 11) is 0. The van der Waals surface area contributed by atoms with Crippen LogP contribution in [0.15, 0.2) is 12.2 Å². The lowest BCUT2D eigenvalue weighted by atomic mass is 9.85. The number of thioether (sulfide) groups is 1. The van der Waals surface area contributed by atoms with Crippen LogP contribution in [0.1, 0.15) is 6.42 Å². The molecule has 0 N–H and O–H groups in total. The average Bonchev–Trinajstić information content (AvgIpc) is 2.36. The zero-order chi connectivity index (χ0) is 6.97. The summed E-state index contributed by atoms with van der Waals surface area (Å²) in [5.74, 6) is 3.66. The first-order chi connectivity index (χ1) is 4.88. The van der Waals surface area contributed by atoms with E-state index in [4.69, 9.17) is 0 Å². The molecule has 0 bridgehead atoms. The van der Waals surface area contributed by atoms with E-state index in [1.165, 1.54) is 5.75 Å². The third kappa shape index (κ3) is 0.908. The minimum Gasteiger partial charge on any atom is -0.295 e. The zero-order valence-electron chi connectivity index (χ0n) is 5.75. The number of hydrogen-bond donors (Lipinski definition) is 0. The first kappa shape index (κ1) is 6.47. The molecule has 2 unspecified atom stereocenters. The van der Waals surface area contributed by atoms with Gasteiger partial charge in [0.25, 0.3) is 0 Å². The van der Waals surface area contributed by atoms with Crippen LogP contribution in [0.2, 0.25) is 0 Å². The molecular formula is C8H10OS. The second kappa shape index (κ2) is 2.42. The summed E-state index contributed by atoms with van der Waals surface area (Å²) >= 11 is 1.92. The van der Waals surface area contributed by atoms with Crippen molar-refractivity contribution in [2.45, 2.75) is 6.42 Å². The average molecular weight is 154 g/mol. The zero-order valence-corrected chi connectivity index (χ0v) is 6.56. The summed E-state index contributed by atoms with van der Waals surface area (Å²) in [5, 5.41) is 0. The number of rotatable bonds is 0. The van der Waals surface area contributed by atoms with Gasteiger partial charge < -0.3 is 0 Å². The number of fused-ring (bicyclic) bond motifs is 1. The Morgan fingerprint density at radius 2 is 2.40 bits per heavy atom. The lowest BCUT2D eigenvalue weighted by molar-refractivity contribution is -0.119. The van der Waals surface area contributed by atoms with Crippen molar-refractivity contribution >= 4 is 17.5 Å². The number of allylic oxidation sites excluding steroid dienone is 2. The maximum atomic E-state index is 11.2. The standard InChI is InChI=1S/C8H10OS/c9-8-3-1-2-6-4-10-5-7(6)8/h1,3,6-7H,2,4-5H2. The van der Waals surface area contributed by atoms with Gasteiger partial charge in [0.2, 0.25) is 0 Å². The molecule has 1 fully saturated rings. The van der Waals surface area contributed by atoms with Crippen molar-refractivity contribution in [2.24, 2.45) is 11.8 Å². The smallest absolute Gasteiger partial charge is 0.159 e. The molecule has 0 saturated carbocycles. The van der Waals surface area contributed by atoms with E-state index in [9.17, 15) is 4.79 Å². The highest BCUT2D eigenvalue weighted by molar-refractivity contribution is 7.99. The lowest BCUT2D eigenvalue weighted by Crippen LogP contribution is -2.23. The summed E-state index contributed by atoms with van der Waals surface area (Å²) in [5.41, 5.74) is 0. The molecule has 1 nitrogen and oxygen atoms in total. The third-order valence-corrected chi connectivity index (χ3v) is 3.54. The number of carbonyl (C=O) groups excluding carboxylic acids is 1. The van der Waals surface area contributed by atoms with Gasteiger partial charge in [-0.25, -0.2) is 0 Å². The SMILES string of the molecule is O=C1C=CCC2CSCC12. The Hall–Kier alpha value is -0.240. The van der Waals surface area contributed by atoms with Crippen LogP contribution in [0.5, 0.6) is 0 Å². The van der Waals surface area contributed by atoms with Crippen molar-refractivity contribution in [3.05, 3.63) is 12.2 Å². The van der Waals surface area contributed by atoms with Crippen LogP contribution >= 0.6 is 11.8 Å². The van der Waals surface area contributed by atoms with E-state index in [1.807, 2.05) is 17.8 Å². The Labute approximate surface area is 64.9 Å². The highest BCUT2D eigenvalue weighted by Gasteiger charge is 2.33. The van der Waals surface area contributed by atoms with Crippen LogP contribution in [-0.4, -0.2) is 17.3 Å². The molecule has 1 aliphatic heterocycles. The fourth-order valence-electron chi connectivity index (χ4n) is 1.63. The molecule has 10 heavy (non-hydrogen) atoms. The van der Waals surface area contributed by atoms with Gasteiger partial charge in [0.05, 0.1) is 0 Å². The molecule has 0 amide bonds. The Morgan fingerprint density at radius 3 is 3.20 bits per heavy atom. The van der Waals surface area contributed by atoms with Crippen molar-refractivity contribution in [3.63, 3.8) is 0 Å². The molecule has 2 heteroatoms. The predicted octanol–water partition coefficient (Wildman–Crippen LogP) is 1.49. The monoisotopic (exact) mass is 154 g/mol. The van der Waals surface area contributed by atoms with E-state index in [0.717, 1.165) is 12.2 Å². The Kier molecular flexibility index (Phi) is 1.57. The molecule has 2 rings (SSSR count). The topological polar surface area (TPSA) is 17.1 Å². The van der Waals surface area contributed by atoms with E-state index < -0.39 is 0 Å². The Bertz CT molecular complexity index is 186. The van der Waals surface area contributed by atoms with Gasteiger partial charge in [0, 0.05) is 11.7 Å². The van der Waals surface area contributed by atoms with Gasteiger partial charge in [-0.15, -0.1) is 0 Å². The summed E-state index contributed by atoms with van der Waals surface area (Å²) in [6, 6.07) is 0. The van der Waals surface area contributed by atoms with Crippen LogP contribution in [0.3, 0.4) is 0 Å². The minimum atomic E-state index is 0.362. The fourth-order valence-corrected chi connectivity index (χ4v) is 3.13. The molecule has 0 aromatic carbocycles. The molecule has 2 aliphatic rings. The quantitative estimate of drug-likeness (QED) is 0.526. The number of carbonyl (C=O) groups is 1. The molecule has 0 aromatic heterocycles. The predicted molar refractivity (Wildman–Crippen MR) is 43.1 cm³/mol. The molecule has 1 heterocycles. The van der Waals surface area contributed by atoms with Crippen LogP contribution in [0.25, 0.3) is 0 Å². The highest BCUT2D eigenvalue weighted by Crippen LogP contribution is 2.35. The van der Waals surface area contributed by atoms with Crippen LogP contribution in [0.4, 0.5) is 0 Å². The van der Waals surface area contributed by atoms with E-state index in [2.05, 4.69) is 0 Å². The summed E-state index contributed by atoms with van der Waals surface area (Å²) < 4.78 is 0. The maximum Gasteiger partial charge on any atom is 0.159 e. The van der Waals surface area contributed by atoms with E-state index in [1.54, 1.807) is 6.08 Å². The van der Waals surface area contributed by atoms with Gasteiger partial charge in [-0.05, 0) is 24.2 Å². The molecule has 54 valence electrons. The van der Waals surface area contributed by atoms with Crippen molar-refractivity contribution in [1.29, 1.82) is 0 Å². The third-order valence-electron chi connectivity index (χ3n) is 2.28. The van der Waals surface area contributed by atoms with Gasteiger partial charge >= 0.3 is 0 Å². The second-order valence-electron chi connectivity index (χ2n) is 2.94. The molecule has 1 aliphatic carbocycles. The fraction of sp³-hybridized carbons (Fsp3) is 0.625. The van der Waals surface area contributed by atoms with Crippen molar-refractivity contribution in [2.75, 3.05) is 11.5 Å². The Morgan fingerprint density at radius 1 is 1.50 bits per heavy atom. The van der Waals surface area contributed by atoms with Crippen molar-refractivity contribution in [1.82, 2.24) is 0 Å². The Balaban J connectivity index is 2.20. The molecule has 1 saturated heterocycles. The summed E-state index contributed by atoms with van der Waals surface area (Å²) in [4.78, 5) is 11.2. The molecule has 2 atom stereocenters. The van der Waals surface area contributed by atoms with Gasteiger partial charge in [0.15, 0.2) is 5.78 Å². The molecule has 0 radical (unpaired) electrons.